The van der Waals surface area contributed by atoms with Crippen LogP contribution in [-0.2, 0) is 0 Å². The van der Waals surface area contributed by atoms with E-state index < -0.39 is 11.8 Å². The molecule has 0 unspecified atom stereocenters. The number of amides is 2. The fourth-order valence-electron chi connectivity index (χ4n) is 1.62. The van der Waals surface area contributed by atoms with E-state index in [4.69, 9.17) is 11.6 Å². The van der Waals surface area contributed by atoms with Gasteiger partial charge in [0, 0.05) is 11.8 Å². The molecule has 0 fully saturated rings. The number of hydrazine groups is 1. The second kappa shape index (κ2) is 6.23. The SMILES string of the molecule is CC(=O)c1c[nH]c(C(=O)NNC(=O)c2ccccc2Cl)c1. The number of carbonyl (C=O) groups excluding carboxylic acids is 3. The molecule has 0 atom stereocenters. The lowest BCUT2D eigenvalue weighted by Gasteiger charge is -2.07. The first kappa shape index (κ1) is 14.8. The predicted molar refractivity (Wildman–Crippen MR) is 77.2 cm³/mol. The van der Waals surface area contributed by atoms with Gasteiger partial charge in [-0.25, -0.2) is 0 Å². The molecule has 0 aliphatic carbocycles. The number of H-pyrrole nitrogens is 1. The molecular formula is C14H12ClN3O3. The Balaban J connectivity index is 1.99. The zero-order chi connectivity index (χ0) is 15.4. The Bertz CT molecular complexity index is 709. The molecule has 2 aromatic rings. The van der Waals surface area contributed by atoms with E-state index in [1.807, 2.05) is 0 Å². The molecule has 2 rings (SSSR count). The summed E-state index contributed by atoms with van der Waals surface area (Å²) in [5, 5.41) is 0.281. The van der Waals surface area contributed by atoms with E-state index >= 15 is 0 Å². The van der Waals surface area contributed by atoms with E-state index in [2.05, 4.69) is 15.8 Å². The average molecular weight is 306 g/mol. The van der Waals surface area contributed by atoms with Crippen molar-refractivity contribution in [2.75, 3.05) is 0 Å². The fraction of sp³-hybridized carbons (Fsp3) is 0.0714. The highest BCUT2D eigenvalue weighted by Crippen LogP contribution is 2.14. The molecule has 0 saturated heterocycles. The van der Waals surface area contributed by atoms with E-state index in [1.54, 1.807) is 18.2 Å². The van der Waals surface area contributed by atoms with Gasteiger partial charge in [0.1, 0.15) is 5.69 Å². The highest BCUT2D eigenvalue weighted by molar-refractivity contribution is 6.33. The summed E-state index contributed by atoms with van der Waals surface area (Å²) in [5.74, 6) is -1.26. The lowest BCUT2D eigenvalue weighted by molar-refractivity contribution is 0.0844. The topological polar surface area (TPSA) is 91.1 Å². The van der Waals surface area contributed by atoms with E-state index in [1.165, 1.54) is 25.3 Å². The molecule has 7 heteroatoms. The van der Waals surface area contributed by atoms with Gasteiger partial charge in [0.05, 0.1) is 10.6 Å². The Morgan fingerprint density at radius 2 is 1.76 bits per heavy atom. The fourth-order valence-corrected chi connectivity index (χ4v) is 1.84. The lowest BCUT2D eigenvalue weighted by atomic mass is 10.2. The van der Waals surface area contributed by atoms with Crippen LogP contribution in [0, 0.1) is 0 Å². The third kappa shape index (κ3) is 3.49. The molecule has 0 aliphatic heterocycles. The number of aromatic nitrogens is 1. The molecule has 108 valence electrons. The standard InChI is InChI=1S/C14H12ClN3O3/c1-8(19)9-6-12(16-7-9)14(21)18-17-13(20)10-4-2-3-5-11(10)15/h2-7,16H,1H3,(H,17,20)(H,18,21). The summed E-state index contributed by atoms with van der Waals surface area (Å²) in [7, 11) is 0. The summed E-state index contributed by atoms with van der Waals surface area (Å²) in [6.07, 6.45) is 1.42. The maximum absolute atomic E-state index is 11.8. The van der Waals surface area contributed by atoms with Crippen LogP contribution in [0.1, 0.15) is 38.1 Å². The monoisotopic (exact) mass is 305 g/mol. The van der Waals surface area contributed by atoms with E-state index in [0.29, 0.717) is 5.56 Å². The zero-order valence-corrected chi connectivity index (χ0v) is 11.8. The van der Waals surface area contributed by atoms with Crippen LogP contribution in [0.25, 0.3) is 0 Å². The van der Waals surface area contributed by atoms with E-state index in [-0.39, 0.29) is 22.1 Å². The zero-order valence-electron chi connectivity index (χ0n) is 11.1. The van der Waals surface area contributed by atoms with Gasteiger partial charge in [-0.15, -0.1) is 0 Å². The highest BCUT2D eigenvalue weighted by atomic mass is 35.5. The van der Waals surface area contributed by atoms with Crippen molar-refractivity contribution >= 4 is 29.2 Å². The number of hydrogen-bond acceptors (Lipinski definition) is 3. The maximum Gasteiger partial charge on any atom is 0.286 e. The van der Waals surface area contributed by atoms with Crippen LogP contribution in [0.4, 0.5) is 0 Å². The van der Waals surface area contributed by atoms with Gasteiger partial charge in [-0.05, 0) is 25.1 Å². The molecule has 1 aromatic heterocycles. The van der Waals surface area contributed by atoms with Crippen LogP contribution in [0.2, 0.25) is 5.02 Å². The van der Waals surface area contributed by atoms with Crippen molar-refractivity contribution in [1.29, 1.82) is 0 Å². The van der Waals surface area contributed by atoms with Crippen molar-refractivity contribution in [1.82, 2.24) is 15.8 Å². The molecule has 6 nitrogen and oxygen atoms in total. The molecule has 0 bridgehead atoms. The first-order chi connectivity index (χ1) is 9.99. The van der Waals surface area contributed by atoms with Crippen LogP contribution in [0.3, 0.4) is 0 Å². The molecule has 1 aromatic carbocycles. The van der Waals surface area contributed by atoms with Crippen LogP contribution in [-0.4, -0.2) is 22.6 Å². The first-order valence-electron chi connectivity index (χ1n) is 6.03. The van der Waals surface area contributed by atoms with Gasteiger partial charge in [0.15, 0.2) is 5.78 Å². The van der Waals surface area contributed by atoms with Gasteiger partial charge < -0.3 is 4.98 Å². The van der Waals surface area contributed by atoms with Gasteiger partial charge in [-0.3, -0.25) is 25.2 Å². The number of benzene rings is 1. The Labute approximate surface area is 125 Å². The van der Waals surface area contributed by atoms with Crippen molar-refractivity contribution in [3.8, 4) is 0 Å². The van der Waals surface area contributed by atoms with Crippen LogP contribution in [0.15, 0.2) is 36.5 Å². The molecular weight excluding hydrogens is 294 g/mol. The quantitative estimate of drug-likeness (QED) is 0.598. The van der Waals surface area contributed by atoms with Crippen molar-refractivity contribution in [2.45, 2.75) is 6.92 Å². The molecule has 3 N–H and O–H groups in total. The molecule has 2 amide bonds. The van der Waals surface area contributed by atoms with Gasteiger partial charge >= 0.3 is 0 Å². The predicted octanol–water partition coefficient (Wildman–Crippen LogP) is 1.95. The molecule has 0 saturated carbocycles. The number of nitrogens with one attached hydrogen (secondary N) is 3. The van der Waals surface area contributed by atoms with Crippen molar-refractivity contribution in [3.05, 3.63) is 58.4 Å². The summed E-state index contributed by atoms with van der Waals surface area (Å²) in [6.45, 7) is 1.39. The minimum absolute atomic E-state index is 0.162. The molecule has 0 aliphatic rings. The molecule has 21 heavy (non-hydrogen) atoms. The average Bonchev–Trinajstić information content (AvgIpc) is 2.95. The van der Waals surface area contributed by atoms with Gasteiger partial charge in [0.2, 0.25) is 0 Å². The Kier molecular flexibility index (Phi) is 4.39. The van der Waals surface area contributed by atoms with Crippen LogP contribution >= 0.6 is 11.6 Å². The largest absolute Gasteiger partial charge is 0.356 e. The van der Waals surface area contributed by atoms with Crippen LogP contribution in [0.5, 0.6) is 0 Å². The van der Waals surface area contributed by atoms with E-state index in [9.17, 15) is 14.4 Å². The van der Waals surface area contributed by atoms with Crippen LogP contribution < -0.4 is 10.9 Å². The minimum atomic E-state index is -0.567. The number of rotatable bonds is 3. The number of aromatic amines is 1. The number of ketones is 1. The number of carbonyl (C=O) groups is 3. The molecule has 0 spiro atoms. The third-order valence-corrected chi connectivity index (χ3v) is 3.07. The minimum Gasteiger partial charge on any atom is -0.356 e. The molecule has 0 radical (unpaired) electrons. The maximum atomic E-state index is 11.8. The summed E-state index contributed by atoms with van der Waals surface area (Å²) in [4.78, 5) is 37.4. The second-order valence-corrected chi connectivity index (χ2v) is 4.65. The smallest absolute Gasteiger partial charge is 0.286 e. The van der Waals surface area contributed by atoms with Gasteiger partial charge in [-0.1, -0.05) is 23.7 Å². The second-order valence-electron chi connectivity index (χ2n) is 4.25. The highest BCUT2D eigenvalue weighted by Gasteiger charge is 2.13. The number of hydrogen-bond donors (Lipinski definition) is 3. The summed E-state index contributed by atoms with van der Waals surface area (Å²) < 4.78 is 0. The number of Topliss-reactive ketones (excluding diaryl/α,β-unsaturated/α-hetero) is 1. The summed E-state index contributed by atoms with van der Waals surface area (Å²) in [6, 6.07) is 7.86. The Morgan fingerprint density at radius 3 is 2.38 bits per heavy atom. The Hall–Kier alpha value is -2.60. The van der Waals surface area contributed by atoms with Gasteiger partial charge in [0.25, 0.3) is 11.8 Å². The summed E-state index contributed by atoms with van der Waals surface area (Å²) in [5.41, 5.74) is 5.28. The van der Waals surface area contributed by atoms with Crippen molar-refractivity contribution < 1.29 is 14.4 Å². The first-order valence-corrected chi connectivity index (χ1v) is 6.41. The van der Waals surface area contributed by atoms with Crippen molar-refractivity contribution in [3.63, 3.8) is 0 Å². The normalized spacial score (nSPS) is 10.0. The Morgan fingerprint density at radius 1 is 1.10 bits per heavy atom. The summed E-state index contributed by atoms with van der Waals surface area (Å²) >= 11 is 5.87. The van der Waals surface area contributed by atoms with Crippen molar-refractivity contribution in [2.24, 2.45) is 0 Å². The van der Waals surface area contributed by atoms with E-state index in [0.717, 1.165) is 0 Å². The van der Waals surface area contributed by atoms with Gasteiger partial charge in [-0.2, -0.15) is 0 Å². The third-order valence-electron chi connectivity index (χ3n) is 2.74. The lowest BCUT2D eigenvalue weighted by Crippen LogP contribution is -2.41. The molecule has 1 heterocycles. The number of halogens is 1.